The third-order valence-corrected chi connectivity index (χ3v) is 5.44. The normalized spacial score (nSPS) is 10.8. The van der Waals surface area contributed by atoms with Gasteiger partial charge in [-0.3, -0.25) is 0 Å². The van der Waals surface area contributed by atoms with Crippen molar-refractivity contribution >= 4 is 22.6 Å². The van der Waals surface area contributed by atoms with Gasteiger partial charge in [-0.1, -0.05) is 36.4 Å². The Balaban J connectivity index is 2.00. The van der Waals surface area contributed by atoms with Crippen LogP contribution in [0.2, 0.25) is 0 Å². The summed E-state index contributed by atoms with van der Waals surface area (Å²) in [6.07, 6.45) is 0. The molecule has 0 aliphatic carbocycles. The number of esters is 1. The van der Waals surface area contributed by atoms with E-state index in [1.54, 1.807) is 21.1 Å². The van der Waals surface area contributed by atoms with E-state index in [2.05, 4.69) is 0 Å². The quantitative estimate of drug-likeness (QED) is 0.325. The van der Waals surface area contributed by atoms with Gasteiger partial charge >= 0.3 is 5.97 Å². The van der Waals surface area contributed by atoms with E-state index in [4.69, 9.17) is 19.9 Å². The van der Waals surface area contributed by atoms with Crippen molar-refractivity contribution in [2.75, 3.05) is 26.6 Å². The second kappa shape index (κ2) is 9.06. The Morgan fingerprint density at radius 1 is 0.938 bits per heavy atom. The Morgan fingerprint density at radius 2 is 1.66 bits per heavy atom. The molecule has 6 heteroatoms. The average molecular weight is 431 g/mol. The van der Waals surface area contributed by atoms with Crippen LogP contribution in [0.25, 0.3) is 22.0 Å². The van der Waals surface area contributed by atoms with Gasteiger partial charge in [-0.05, 0) is 48.4 Å². The lowest BCUT2D eigenvalue weighted by Crippen LogP contribution is -2.14. The van der Waals surface area contributed by atoms with Crippen LogP contribution >= 0.6 is 0 Å². The van der Waals surface area contributed by atoms with Gasteiger partial charge in [-0.15, -0.1) is 0 Å². The fourth-order valence-corrected chi connectivity index (χ4v) is 4.01. The van der Waals surface area contributed by atoms with Crippen molar-refractivity contribution in [2.24, 2.45) is 0 Å². The first-order valence-corrected chi connectivity index (χ1v) is 10.4. The van der Waals surface area contributed by atoms with Crippen LogP contribution < -0.4 is 15.2 Å². The molecule has 0 aliphatic rings. The summed E-state index contributed by atoms with van der Waals surface area (Å²) in [5, 5.41) is 0.890. The molecule has 0 atom stereocenters. The number of benzene rings is 3. The molecule has 0 spiro atoms. The molecule has 0 saturated heterocycles. The first-order valence-electron chi connectivity index (χ1n) is 10.4. The number of rotatable bonds is 7. The van der Waals surface area contributed by atoms with E-state index < -0.39 is 5.97 Å². The molecule has 1 heterocycles. The molecule has 0 saturated carbocycles. The van der Waals surface area contributed by atoms with Crippen molar-refractivity contribution in [2.45, 2.75) is 13.5 Å². The molecule has 0 radical (unpaired) electrons. The molecule has 164 valence electrons. The lowest BCUT2D eigenvalue weighted by Gasteiger charge is -2.13. The molecule has 0 amide bonds. The molecule has 6 nitrogen and oxygen atoms in total. The SMILES string of the molecule is CCOC(=O)c1c(-c2ccc(OC)cc2)c2cccc(N)c2n1Cc1cccc(OC)c1. The fourth-order valence-electron chi connectivity index (χ4n) is 4.01. The van der Waals surface area contributed by atoms with Gasteiger partial charge in [0.2, 0.25) is 0 Å². The van der Waals surface area contributed by atoms with Gasteiger partial charge < -0.3 is 24.5 Å². The van der Waals surface area contributed by atoms with E-state index in [0.717, 1.165) is 39.1 Å². The minimum absolute atomic E-state index is 0.275. The van der Waals surface area contributed by atoms with E-state index in [-0.39, 0.29) is 6.61 Å². The molecular weight excluding hydrogens is 404 g/mol. The van der Waals surface area contributed by atoms with Crippen LogP contribution in [0, 0.1) is 0 Å². The maximum Gasteiger partial charge on any atom is 0.355 e. The van der Waals surface area contributed by atoms with E-state index >= 15 is 0 Å². The molecule has 4 aromatic rings. The van der Waals surface area contributed by atoms with Crippen molar-refractivity contribution in [3.8, 4) is 22.6 Å². The summed E-state index contributed by atoms with van der Waals surface area (Å²) in [6, 6.07) is 21.1. The zero-order valence-corrected chi connectivity index (χ0v) is 18.4. The van der Waals surface area contributed by atoms with Crippen LogP contribution in [-0.2, 0) is 11.3 Å². The van der Waals surface area contributed by atoms with Crippen molar-refractivity contribution in [3.05, 3.63) is 78.0 Å². The van der Waals surface area contributed by atoms with E-state index in [0.29, 0.717) is 17.9 Å². The van der Waals surface area contributed by atoms with Crippen LogP contribution in [0.15, 0.2) is 66.7 Å². The van der Waals surface area contributed by atoms with Crippen LogP contribution in [0.1, 0.15) is 23.0 Å². The predicted molar refractivity (Wildman–Crippen MR) is 126 cm³/mol. The second-order valence-corrected chi connectivity index (χ2v) is 7.35. The number of ether oxygens (including phenoxy) is 3. The highest BCUT2D eigenvalue weighted by Gasteiger charge is 2.26. The summed E-state index contributed by atoms with van der Waals surface area (Å²) in [7, 11) is 3.26. The fraction of sp³-hybridized carbons (Fsp3) is 0.192. The predicted octanol–water partition coefficient (Wildman–Crippen LogP) is 5.13. The average Bonchev–Trinajstić information content (AvgIpc) is 3.14. The molecule has 1 aromatic heterocycles. The third kappa shape index (κ3) is 3.87. The van der Waals surface area contributed by atoms with Gasteiger partial charge in [0.25, 0.3) is 0 Å². The number of fused-ring (bicyclic) bond motifs is 1. The Morgan fingerprint density at radius 3 is 2.34 bits per heavy atom. The van der Waals surface area contributed by atoms with E-state index in [1.807, 2.05) is 71.3 Å². The van der Waals surface area contributed by atoms with Gasteiger partial charge in [0.1, 0.15) is 17.2 Å². The monoisotopic (exact) mass is 430 g/mol. The van der Waals surface area contributed by atoms with Gasteiger partial charge in [0.15, 0.2) is 0 Å². The molecule has 32 heavy (non-hydrogen) atoms. The number of anilines is 1. The number of nitrogens with zero attached hydrogens (tertiary/aromatic N) is 1. The number of hydrogen-bond donors (Lipinski definition) is 1. The minimum Gasteiger partial charge on any atom is -0.497 e. The first-order chi connectivity index (χ1) is 15.6. The molecule has 3 aromatic carbocycles. The number of aromatic nitrogens is 1. The Hall–Kier alpha value is -3.93. The van der Waals surface area contributed by atoms with Crippen LogP contribution in [-0.4, -0.2) is 31.4 Å². The summed E-state index contributed by atoms with van der Waals surface area (Å²) in [6.45, 7) is 2.51. The number of carbonyl (C=O) groups excluding carboxylic acids is 1. The lowest BCUT2D eigenvalue weighted by atomic mass is 10.0. The van der Waals surface area contributed by atoms with Crippen LogP contribution in [0.5, 0.6) is 11.5 Å². The van der Waals surface area contributed by atoms with Crippen LogP contribution in [0.4, 0.5) is 5.69 Å². The summed E-state index contributed by atoms with van der Waals surface area (Å²) < 4.78 is 18.1. The molecule has 0 fully saturated rings. The Labute approximate surface area is 187 Å². The number of carbonyl (C=O) groups is 1. The molecule has 0 unspecified atom stereocenters. The highest BCUT2D eigenvalue weighted by atomic mass is 16.5. The topological polar surface area (TPSA) is 75.7 Å². The van der Waals surface area contributed by atoms with E-state index in [1.165, 1.54) is 0 Å². The maximum atomic E-state index is 13.2. The Bertz CT molecular complexity index is 1260. The summed E-state index contributed by atoms with van der Waals surface area (Å²) in [5.74, 6) is 1.10. The zero-order valence-electron chi connectivity index (χ0n) is 18.4. The number of nitrogens with two attached hydrogens (primary N) is 1. The third-order valence-electron chi connectivity index (χ3n) is 5.44. The zero-order chi connectivity index (χ0) is 22.7. The standard InChI is InChI=1S/C26H26N2O4/c1-4-32-26(29)25-23(18-11-13-19(30-2)14-12-18)21-9-6-10-22(27)24(21)28(25)16-17-7-5-8-20(15-17)31-3/h5-15H,4,16,27H2,1-3H3. The molecular formula is C26H26N2O4. The van der Waals surface area contributed by atoms with Crippen molar-refractivity contribution in [1.82, 2.24) is 4.57 Å². The minimum atomic E-state index is -0.392. The van der Waals surface area contributed by atoms with Crippen molar-refractivity contribution in [3.63, 3.8) is 0 Å². The summed E-state index contributed by atoms with van der Waals surface area (Å²) in [4.78, 5) is 13.2. The van der Waals surface area contributed by atoms with Crippen LogP contribution in [0.3, 0.4) is 0 Å². The highest BCUT2D eigenvalue weighted by Crippen LogP contribution is 2.39. The maximum absolute atomic E-state index is 13.2. The first kappa shape index (κ1) is 21.3. The number of para-hydroxylation sites is 1. The van der Waals surface area contributed by atoms with Crippen molar-refractivity contribution < 1.29 is 19.0 Å². The molecule has 2 N–H and O–H groups in total. The molecule has 0 aliphatic heterocycles. The highest BCUT2D eigenvalue weighted by molar-refractivity contribution is 6.11. The number of methoxy groups -OCH3 is 2. The molecule has 0 bridgehead atoms. The van der Waals surface area contributed by atoms with Gasteiger partial charge in [-0.2, -0.15) is 0 Å². The largest absolute Gasteiger partial charge is 0.497 e. The lowest BCUT2D eigenvalue weighted by molar-refractivity contribution is 0.0516. The number of nitrogen functional groups attached to an aromatic ring is 1. The summed E-state index contributed by atoms with van der Waals surface area (Å²) in [5.41, 5.74) is 10.9. The van der Waals surface area contributed by atoms with E-state index in [9.17, 15) is 4.79 Å². The summed E-state index contributed by atoms with van der Waals surface area (Å²) >= 11 is 0. The smallest absolute Gasteiger partial charge is 0.355 e. The van der Waals surface area contributed by atoms with Crippen molar-refractivity contribution in [1.29, 1.82) is 0 Å². The number of hydrogen-bond acceptors (Lipinski definition) is 5. The Kier molecular flexibility index (Phi) is 6.03. The molecule has 4 rings (SSSR count). The van der Waals surface area contributed by atoms with Gasteiger partial charge in [0.05, 0.1) is 32.0 Å². The van der Waals surface area contributed by atoms with Gasteiger partial charge in [0, 0.05) is 17.5 Å². The second-order valence-electron chi connectivity index (χ2n) is 7.35. The van der Waals surface area contributed by atoms with Gasteiger partial charge in [-0.25, -0.2) is 4.79 Å².